The Bertz CT molecular complexity index is 1110. The van der Waals surface area contributed by atoms with Crippen LogP contribution in [0.5, 0.6) is 11.6 Å². The van der Waals surface area contributed by atoms with Gasteiger partial charge in [-0.25, -0.2) is 14.2 Å². The van der Waals surface area contributed by atoms with Crippen LogP contribution in [-0.4, -0.2) is 41.9 Å². The van der Waals surface area contributed by atoms with Gasteiger partial charge in [0.25, 0.3) is 6.01 Å². The molecule has 0 aliphatic carbocycles. The maximum atomic E-state index is 13.2. The lowest BCUT2D eigenvalue weighted by Crippen LogP contribution is -2.41. The van der Waals surface area contributed by atoms with E-state index < -0.39 is 11.6 Å². The quantitative estimate of drug-likeness (QED) is 0.479. The number of nitrogens with one attached hydrogen (secondary N) is 2. The topological polar surface area (TPSA) is 108 Å². The predicted octanol–water partition coefficient (Wildman–Crippen LogP) is 4.60. The fraction of sp³-hybridized carbons (Fsp3) is 0.348. The van der Waals surface area contributed by atoms with Crippen molar-refractivity contribution in [1.29, 1.82) is 0 Å². The first-order chi connectivity index (χ1) is 15.8. The molecule has 1 amide bonds. The molecule has 3 rings (SSSR count). The van der Waals surface area contributed by atoms with Crippen LogP contribution >= 0.6 is 0 Å². The molecule has 2 heterocycles. The molecule has 0 bridgehead atoms. The molecule has 2 N–H and O–H groups in total. The largest absolute Gasteiger partial charge is 0.489 e. The number of carbonyl (C=O) groups is 1. The van der Waals surface area contributed by atoms with Gasteiger partial charge in [-0.05, 0) is 38.5 Å². The van der Waals surface area contributed by atoms with Crippen LogP contribution in [-0.2, 0) is 11.3 Å². The smallest absolute Gasteiger partial charge is 0.407 e. The number of aromatic nitrogens is 2. The third kappa shape index (κ3) is 7.37. The van der Waals surface area contributed by atoms with Crippen molar-refractivity contribution < 1.29 is 27.8 Å². The molecule has 2 aromatic heterocycles. The predicted molar refractivity (Wildman–Crippen MR) is 121 cm³/mol. The Labute approximate surface area is 190 Å². The summed E-state index contributed by atoms with van der Waals surface area (Å²) in [5.74, 6) is 1.00. The number of amides is 1. The minimum atomic E-state index is -0.629. The van der Waals surface area contributed by atoms with Crippen LogP contribution in [0, 0.1) is 0 Å². The van der Waals surface area contributed by atoms with E-state index in [2.05, 4.69) is 20.6 Å². The highest BCUT2D eigenvalue weighted by Gasteiger charge is 2.15. The number of pyridine rings is 1. The molecule has 3 aromatic rings. The summed E-state index contributed by atoms with van der Waals surface area (Å²) in [7, 11) is 1.56. The van der Waals surface area contributed by atoms with E-state index in [0.29, 0.717) is 41.6 Å². The van der Waals surface area contributed by atoms with E-state index >= 15 is 0 Å². The Kier molecular flexibility index (Phi) is 7.70. The number of anilines is 1. The summed E-state index contributed by atoms with van der Waals surface area (Å²) in [5, 5.41) is 5.73. The lowest BCUT2D eigenvalue weighted by atomic mass is 10.1. The molecule has 0 atom stereocenters. The van der Waals surface area contributed by atoms with Crippen LogP contribution in [0.3, 0.4) is 0 Å². The number of alkyl carbamates (subject to hydrolysis) is 1. The molecule has 0 saturated carbocycles. The van der Waals surface area contributed by atoms with Crippen LogP contribution in [0.1, 0.15) is 26.3 Å². The Balaban J connectivity index is 1.53. The second-order valence-corrected chi connectivity index (χ2v) is 8.22. The van der Waals surface area contributed by atoms with E-state index in [1.165, 1.54) is 0 Å². The van der Waals surface area contributed by atoms with Gasteiger partial charge in [0.2, 0.25) is 5.88 Å². The summed E-state index contributed by atoms with van der Waals surface area (Å²) in [6.45, 7) is 5.62. The first-order valence-corrected chi connectivity index (χ1v) is 10.2. The highest BCUT2D eigenvalue weighted by molar-refractivity contribution is 5.76. The van der Waals surface area contributed by atoms with Crippen LogP contribution < -0.4 is 20.1 Å². The van der Waals surface area contributed by atoms with E-state index in [9.17, 15) is 9.18 Å². The molecule has 0 saturated heterocycles. The van der Waals surface area contributed by atoms with E-state index in [4.69, 9.17) is 18.6 Å². The molecule has 0 aliphatic heterocycles. The summed E-state index contributed by atoms with van der Waals surface area (Å²) in [6.07, 6.45) is 1.44. The molecule has 0 aliphatic rings. The van der Waals surface area contributed by atoms with Gasteiger partial charge in [0.15, 0.2) is 5.58 Å². The second kappa shape index (κ2) is 10.7. The summed E-state index contributed by atoms with van der Waals surface area (Å²) in [5.41, 5.74) is 1.81. The molecule has 0 fully saturated rings. The third-order valence-electron chi connectivity index (χ3n) is 4.25. The molecule has 33 heavy (non-hydrogen) atoms. The van der Waals surface area contributed by atoms with E-state index in [0.717, 1.165) is 5.56 Å². The van der Waals surface area contributed by atoms with E-state index in [1.54, 1.807) is 37.6 Å². The molecule has 176 valence electrons. The van der Waals surface area contributed by atoms with Gasteiger partial charge in [0.05, 0.1) is 13.4 Å². The normalized spacial score (nSPS) is 11.8. The lowest BCUT2D eigenvalue weighted by molar-refractivity contribution is 0.143. The minimum Gasteiger partial charge on any atom is -0.489 e. The van der Waals surface area contributed by atoms with Crippen molar-refractivity contribution >= 4 is 23.2 Å². The fourth-order valence-electron chi connectivity index (χ4n) is 2.67. The van der Waals surface area contributed by atoms with Crippen molar-refractivity contribution in [3.8, 4) is 11.6 Å². The van der Waals surface area contributed by atoms with Gasteiger partial charge in [-0.2, -0.15) is 4.98 Å². The zero-order valence-corrected chi connectivity index (χ0v) is 19.0. The summed E-state index contributed by atoms with van der Waals surface area (Å²) in [6, 6.07) is 9.10. The average molecular weight is 458 g/mol. The number of ether oxygens (including phenoxy) is 3. The van der Waals surface area contributed by atoms with Crippen molar-refractivity contribution in [1.82, 2.24) is 15.3 Å². The van der Waals surface area contributed by atoms with Crippen molar-refractivity contribution in [2.45, 2.75) is 32.9 Å². The van der Waals surface area contributed by atoms with Crippen LogP contribution in [0.2, 0.25) is 0 Å². The molecule has 1 aromatic carbocycles. The number of rotatable bonds is 9. The zero-order chi connectivity index (χ0) is 23.8. The Morgan fingerprint density at radius 2 is 2.03 bits per heavy atom. The number of fused-ring (bicyclic) bond motifs is 1. The zero-order valence-electron chi connectivity index (χ0n) is 19.0. The molecule has 9 nitrogen and oxygen atoms in total. The number of carbonyl (C=O) groups excluding carboxylic acids is 1. The number of nitrogens with zero attached hydrogens (tertiary/aromatic N) is 2. The number of oxazole rings is 1. The Hall–Kier alpha value is -3.82. The van der Waals surface area contributed by atoms with Crippen molar-refractivity contribution in [3.63, 3.8) is 0 Å². The van der Waals surface area contributed by atoms with Crippen molar-refractivity contribution in [3.05, 3.63) is 54.0 Å². The van der Waals surface area contributed by atoms with Gasteiger partial charge in [0.1, 0.15) is 24.5 Å². The maximum absolute atomic E-state index is 13.2. The average Bonchev–Trinajstić information content (AvgIpc) is 3.19. The van der Waals surface area contributed by atoms with Gasteiger partial charge in [-0.15, -0.1) is 0 Å². The Morgan fingerprint density at radius 1 is 1.21 bits per heavy atom. The summed E-state index contributed by atoms with van der Waals surface area (Å²) >= 11 is 0. The molecule has 0 unspecified atom stereocenters. The number of halogens is 1. The van der Waals surface area contributed by atoms with E-state index in [-0.39, 0.29) is 18.8 Å². The monoisotopic (exact) mass is 458 g/mol. The fourth-order valence-corrected chi connectivity index (χ4v) is 2.67. The number of hydrogen-bond acceptors (Lipinski definition) is 8. The lowest BCUT2D eigenvalue weighted by Gasteiger charge is -2.20. The molecular weight excluding hydrogens is 431 g/mol. The molecule has 0 spiro atoms. The van der Waals surface area contributed by atoms with Crippen molar-refractivity contribution in [2.24, 2.45) is 0 Å². The van der Waals surface area contributed by atoms with Gasteiger partial charge in [-0.3, -0.25) is 0 Å². The minimum absolute atomic E-state index is 0.0888. The highest BCUT2D eigenvalue weighted by Crippen LogP contribution is 2.24. The first kappa shape index (κ1) is 23.8. The summed E-state index contributed by atoms with van der Waals surface area (Å²) < 4.78 is 34.6. The van der Waals surface area contributed by atoms with Gasteiger partial charge < -0.3 is 29.3 Å². The number of methoxy groups -OCH3 is 1. The van der Waals surface area contributed by atoms with Crippen LogP contribution in [0.25, 0.3) is 11.1 Å². The first-order valence-electron chi connectivity index (χ1n) is 10.2. The SMILES string of the molecule is COc1ccc(CNc2nc3ccc(OC/C(=C/F)COC(=O)NC(C)(C)C)cc3o2)cn1. The van der Waals surface area contributed by atoms with E-state index in [1.807, 2.05) is 26.8 Å². The Morgan fingerprint density at radius 3 is 2.70 bits per heavy atom. The van der Waals surface area contributed by atoms with Crippen LogP contribution in [0.15, 0.2) is 52.8 Å². The van der Waals surface area contributed by atoms with Crippen molar-refractivity contribution in [2.75, 3.05) is 25.6 Å². The molecule has 10 heteroatoms. The van der Waals surface area contributed by atoms with Gasteiger partial charge in [0, 0.05) is 36.0 Å². The molecular formula is C23H27FN4O5. The maximum Gasteiger partial charge on any atom is 0.407 e. The van der Waals surface area contributed by atoms with Gasteiger partial charge in [-0.1, -0.05) is 6.07 Å². The standard InChI is InChI=1S/C23H27FN4O5/c1-23(2,3)28-22(29)32-14-16(10-24)13-31-17-6-7-18-19(9-17)33-21(27-18)26-12-15-5-8-20(30-4)25-11-15/h5-11H,12-14H2,1-4H3,(H,26,27)(H,28,29)/b16-10-. The number of benzene rings is 1. The summed E-state index contributed by atoms with van der Waals surface area (Å²) in [4.78, 5) is 20.2. The third-order valence-corrected chi connectivity index (χ3v) is 4.25. The van der Waals surface area contributed by atoms with Crippen LogP contribution in [0.4, 0.5) is 15.2 Å². The molecule has 0 radical (unpaired) electrons. The highest BCUT2D eigenvalue weighted by atomic mass is 19.1. The van der Waals surface area contributed by atoms with Gasteiger partial charge >= 0.3 is 6.09 Å². The number of hydrogen-bond donors (Lipinski definition) is 2. The second-order valence-electron chi connectivity index (χ2n) is 8.22.